The smallest absolute Gasteiger partial charge is 0.230 e. The molecular formula is C16H23N5O2S. The monoisotopic (exact) mass is 349 g/mol. The van der Waals surface area contributed by atoms with Gasteiger partial charge in [0.1, 0.15) is 11.4 Å². The van der Waals surface area contributed by atoms with E-state index in [9.17, 15) is 4.79 Å². The Morgan fingerprint density at radius 3 is 2.92 bits per heavy atom. The van der Waals surface area contributed by atoms with E-state index in [4.69, 9.17) is 4.74 Å². The third kappa shape index (κ3) is 4.95. The highest BCUT2D eigenvalue weighted by atomic mass is 32.2. The molecule has 0 saturated carbocycles. The van der Waals surface area contributed by atoms with Crippen molar-refractivity contribution in [3.63, 3.8) is 0 Å². The summed E-state index contributed by atoms with van der Waals surface area (Å²) in [5.41, 5.74) is 0.756. The summed E-state index contributed by atoms with van der Waals surface area (Å²) < 4.78 is 7.21. The lowest BCUT2D eigenvalue weighted by Gasteiger charge is -2.13. The van der Waals surface area contributed by atoms with Crippen LogP contribution < -0.4 is 10.1 Å². The number of carbonyl (C=O) groups excluding carboxylic acids is 1. The Hall–Kier alpha value is -2.09. The molecule has 0 radical (unpaired) electrons. The second-order valence-corrected chi connectivity index (χ2v) is 6.26. The lowest BCUT2D eigenvalue weighted by atomic mass is 10.2. The van der Waals surface area contributed by atoms with Gasteiger partial charge in [-0.25, -0.2) is 0 Å². The Kier molecular flexibility index (Phi) is 7.05. The number of carbonyl (C=O) groups is 1. The molecule has 130 valence electrons. The van der Waals surface area contributed by atoms with Crippen LogP contribution in [0.3, 0.4) is 0 Å². The van der Waals surface area contributed by atoms with Gasteiger partial charge in [0, 0.05) is 6.04 Å². The average molecular weight is 349 g/mol. The van der Waals surface area contributed by atoms with Gasteiger partial charge >= 0.3 is 0 Å². The van der Waals surface area contributed by atoms with Crippen molar-refractivity contribution in [2.45, 2.75) is 44.8 Å². The summed E-state index contributed by atoms with van der Waals surface area (Å²) in [6.45, 7) is 6.59. The Morgan fingerprint density at radius 2 is 2.17 bits per heavy atom. The lowest BCUT2D eigenvalue weighted by molar-refractivity contribution is -0.119. The summed E-state index contributed by atoms with van der Waals surface area (Å²) in [6, 6.07) is 7.72. The van der Waals surface area contributed by atoms with Gasteiger partial charge in [0.2, 0.25) is 11.1 Å². The third-order valence-electron chi connectivity index (χ3n) is 3.30. The first-order valence-electron chi connectivity index (χ1n) is 8.08. The SMILES string of the molecule is CCC[C@H](C)NC(=O)CSc1nnnn1-c1ccccc1OCC. The number of nitrogens with one attached hydrogen (secondary N) is 1. The van der Waals surface area contributed by atoms with E-state index in [0.717, 1.165) is 18.5 Å². The second-order valence-electron chi connectivity index (χ2n) is 5.32. The first kappa shape index (κ1) is 18.3. The molecule has 1 N–H and O–H groups in total. The number of hydrogen-bond donors (Lipinski definition) is 1. The number of nitrogens with zero attached hydrogens (tertiary/aromatic N) is 4. The maximum atomic E-state index is 12.0. The number of para-hydroxylation sites is 2. The maximum Gasteiger partial charge on any atom is 0.230 e. The molecule has 7 nitrogen and oxygen atoms in total. The number of thioether (sulfide) groups is 1. The molecule has 0 fully saturated rings. The van der Waals surface area contributed by atoms with Gasteiger partial charge in [-0.05, 0) is 42.8 Å². The fraction of sp³-hybridized carbons (Fsp3) is 0.500. The summed E-state index contributed by atoms with van der Waals surface area (Å²) in [7, 11) is 0. The van der Waals surface area contributed by atoms with E-state index in [-0.39, 0.29) is 17.7 Å². The molecule has 1 aromatic carbocycles. The van der Waals surface area contributed by atoms with Crippen molar-refractivity contribution < 1.29 is 9.53 Å². The van der Waals surface area contributed by atoms with Crippen molar-refractivity contribution in [2.24, 2.45) is 0 Å². The van der Waals surface area contributed by atoms with E-state index in [0.29, 0.717) is 17.5 Å². The van der Waals surface area contributed by atoms with Crippen molar-refractivity contribution in [3.05, 3.63) is 24.3 Å². The van der Waals surface area contributed by atoms with Crippen LogP contribution in [-0.2, 0) is 4.79 Å². The number of tetrazole rings is 1. The third-order valence-corrected chi connectivity index (χ3v) is 4.21. The highest BCUT2D eigenvalue weighted by molar-refractivity contribution is 7.99. The molecular weight excluding hydrogens is 326 g/mol. The normalized spacial score (nSPS) is 12.0. The highest BCUT2D eigenvalue weighted by Crippen LogP contribution is 2.25. The van der Waals surface area contributed by atoms with Crippen LogP contribution in [0.25, 0.3) is 5.69 Å². The Labute approximate surface area is 146 Å². The van der Waals surface area contributed by atoms with Crippen LogP contribution in [0.2, 0.25) is 0 Å². The zero-order valence-electron chi connectivity index (χ0n) is 14.2. The van der Waals surface area contributed by atoms with E-state index in [1.807, 2.05) is 38.1 Å². The molecule has 1 heterocycles. The molecule has 0 bridgehead atoms. The first-order chi connectivity index (χ1) is 11.7. The topological polar surface area (TPSA) is 81.9 Å². The number of hydrogen-bond acceptors (Lipinski definition) is 6. The molecule has 0 aliphatic carbocycles. The van der Waals surface area contributed by atoms with Crippen molar-refractivity contribution >= 4 is 17.7 Å². The van der Waals surface area contributed by atoms with E-state index >= 15 is 0 Å². The number of ether oxygens (including phenoxy) is 1. The van der Waals surface area contributed by atoms with E-state index < -0.39 is 0 Å². The number of aromatic nitrogens is 4. The van der Waals surface area contributed by atoms with Crippen LogP contribution in [0, 0.1) is 0 Å². The first-order valence-corrected chi connectivity index (χ1v) is 9.07. The van der Waals surface area contributed by atoms with Crippen LogP contribution in [0.5, 0.6) is 5.75 Å². The summed E-state index contributed by atoms with van der Waals surface area (Å²) in [5.74, 6) is 0.953. The lowest BCUT2D eigenvalue weighted by Crippen LogP contribution is -2.33. The van der Waals surface area contributed by atoms with Crippen molar-refractivity contribution in [3.8, 4) is 11.4 Å². The van der Waals surface area contributed by atoms with E-state index in [2.05, 4.69) is 27.8 Å². The fourth-order valence-electron chi connectivity index (χ4n) is 2.28. The van der Waals surface area contributed by atoms with Gasteiger partial charge < -0.3 is 10.1 Å². The van der Waals surface area contributed by atoms with Gasteiger partial charge in [-0.15, -0.1) is 5.10 Å². The Morgan fingerprint density at radius 1 is 1.38 bits per heavy atom. The standard InChI is InChI=1S/C16H23N5O2S/c1-4-8-12(3)17-15(22)11-24-16-18-19-20-21(16)13-9-6-7-10-14(13)23-5-2/h6-7,9-10,12H,4-5,8,11H2,1-3H3,(H,17,22)/t12-/m0/s1. The fourth-order valence-corrected chi connectivity index (χ4v) is 2.98. The molecule has 1 aromatic heterocycles. The largest absolute Gasteiger partial charge is 0.492 e. The molecule has 8 heteroatoms. The zero-order chi connectivity index (χ0) is 17.4. The quantitative estimate of drug-likeness (QED) is 0.700. The van der Waals surface area contributed by atoms with Crippen LogP contribution in [0.4, 0.5) is 0 Å². The summed E-state index contributed by atoms with van der Waals surface area (Å²) >= 11 is 1.30. The van der Waals surface area contributed by atoms with Crippen molar-refractivity contribution in [1.29, 1.82) is 0 Å². The number of benzene rings is 1. The summed E-state index contributed by atoms with van der Waals surface area (Å²) in [4.78, 5) is 12.0. The molecule has 0 aliphatic heterocycles. The van der Waals surface area contributed by atoms with Gasteiger partial charge in [0.25, 0.3) is 0 Å². The maximum absolute atomic E-state index is 12.0. The summed E-state index contributed by atoms with van der Waals surface area (Å²) in [5, 5.41) is 15.3. The van der Waals surface area contributed by atoms with Gasteiger partial charge in [-0.2, -0.15) is 4.68 Å². The van der Waals surface area contributed by atoms with E-state index in [1.54, 1.807) is 4.68 Å². The van der Waals surface area contributed by atoms with Crippen LogP contribution >= 0.6 is 11.8 Å². The molecule has 2 rings (SSSR count). The molecule has 2 aromatic rings. The van der Waals surface area contributed by atoms with Crippen LogP contribution in [0.15, 0.2) is 29.4 Å². The molecule has 0 saturated heterocycles. The molecule has 0 aliphatic rings. The zero-order valence-corrected chi connectivity index (χ0v) is 15.0. The predicted molar refractivity (Wildman–Crippen MR) is 93.6 cm³/mol. The van der Waals surface area contributed by atoms with Gasteiger partial charge in [-0.1, -0.05) is 37.2 Å². The molecule has 0 unspecified atom stereocenters. The second kappa shape index (κ2) is 9.27. The Bertz CT molecular complexity index is 661. The molecule has 24 heavy (non-hydrogen) atoms. The molecule has 0 spiro atoms. The van der Waals surface area contributed by atoms with E-state index in [1.165, 1.54) is 11.8 Å². The number of rotatable bonds is 9. The summed E-state index contributed by atoms with van der Waals surface area (Å²) in [6.07, 6.45) is 2.01. The minimum absolute atomic E-state index is 0.0198. The van der Waals surface area contributed by atoms with Crippen molar-refractivity contribution in [1.82, 2.24) is 25.5 Å². The minimum Gasteiger partial charge on any atom is -0.492 e. The highest BCUT2D eigenvalue weighted by Gasteiger charge is 2.15. The minimum atomic E-state index is -0.0198. The Balaban J connectivity index is 2.05. The van der Waals surface area contributed by atoms with Gasteiger partial charge in [0.15, 0.2) is 0 Å². The molecule has 1 atom stereocenters. The molecule has 1 amide bonds. The van der Waals surface area contributed by atoms with Crippen molar-refractivity contribution in [2.75, 3.05) is 12.4 Å². The number of amides is 1. The average Bonchev–Trinajstić information content (AvgIpc) is 3.02. The van der Waals surface area contributed by atoms with Crippen LogP contribution in [0.1, 0.15) is 33.6 Å². The predicted octanol–water partition coefficient (Wildman–Crippen LogP) is 2.46. The van der Waals surface area contributed by atoms with Gasteiger partial charge in [-0.3, -0.25) is 4.79 Å². The van der Waals surface area contributed by atoms with Gasteiger partial charge in [0.05, 0.1) is 12.4 Å². The van der Waals surface area contributed by atoms with Crippen LogP contribution in [-0.4, -0.2) is 44.5 Å².